The van der Waals surface area contributed by atoms with Gasteiger partial charge in [-0.3, -0.25) is 0 Å². The van der Waals surface area contributed by atoms with Gasteiger partial charge in [-0.05, 0) is 39.4 Å². The first-order valence-corrected chi connectivity index (χ1v) is 6.41. The van der Waals surface area contributed by atoms with Crippen LogP contribution in [0.15, 0.2) is 0 Å². The number of nitrogens with zero attached hydrogens (tertiary/aromatic N) is 1. The molecule has 18 heavy (non-hydrogen) atoms. The SMILES string of the molecule is CN(C)CCCNC(=O)N[C@@H](CC1CC1)C(=O)O. The van der Waals surface area contributed by atoms with E-state index in [0.717, 1.165) is 25.8 Å². The Hall–Kier alpha value is -1.30. The summed E-state index contributed by atoms with van der Waals surface area (Å²) in [6.07, 6.45) is 3.55. The maximum Gasteiger partial charge on any atom is 0.326 e. The lowest BCUT2D eigenvalue weighted by Crippen LogP contribution is -2.46. The van der Waals surface area contributed by atoms with Crippen molar-refractivity contribution in [2.24, 2.45) is 5.92 Å². The van der Waals surface area contributed by atoms with E-state index in [9.17, 15) is 9.59 Å². The second-order valence-electron chi connectivity index (χ2n) is 5.13. The third-order valence-electron chi connectivity index (χ3n) is 2.94. The van der Waals surface area contributed by atoms with E-state index in [1.807, 2.05) is 19.0 Å². The minimum absolute atomic E-state index is 0.387. The number of rotatable bonds is 8. The van der Waals surface area contributed by atoms with Gasteiger partial charge in [0.15, 0.2) is 0 Å². The Kier molecular flexibility index (Phi) is 5.91. The highest BCUT2D eigenvalue weighted by Crippen LogP contribution is 2.33. The molecule has 0 aromatic carbocycles. The molecule has 104 valence electrons. The summed E-state index contributed by atoms with van der Waals surface area (Å²) in [5.74, 6) is -0.481. The van der Waals surface area contributed by atoms with Crippen molar-refractivity contribution in [3.63, 3.8) is 0 Å². The molecule has 1 aliphatic rings. The Bertz CT molecular complexity index is 290. The molecule has 0 unspecified atom stereocenters. The second-order valence-corrected chi connectivity index (χ2v) is 5.13. The number of hydrogen-bond acceptors (Lipinski definition) is 3. The lowest BCUT2D eigenvalue weighted by molar-refractivity contribution is -0.139. The molecule has 0 bridgehead atoms. The van der Waals surface area contributed by atoms with Crippen LogP contribution in [0.2, 0.25) is 0 Å². The number of carboxylic acid groups (broad SMARTS) is 1. The fourth-order valence-electron chi connectivity index (χ4n) is 1.71. The highest BCUT2D eigenvalue weighted by Gasteiger charge is 2.30. The zero-order valence-corrected chi connectivity index (χ0v) is 11.1. The fraction of sp³-hybridized carbons (Fsp3) is 0.833. The maximum atomic E-state index is 11.5. The van der Waals surface area contributed by atoms with E-state index in [-0.39, 0.29) is 6.03 Å². The van der Waals surface area contributed by atoms with Crippen LogP contribution in [0, 0.1) is 5.92 Å². The molecule has 1 saturated carbocycles. The van der Waals surface area contributed by atoms with Crippen molar-refractivity contribution in [1.82, 2.24) is 15.5 Å². The predicted molar refractivity (Wildman–Crippen MR) is 68.5 cm³/mol. The third kappa shape index (κ3) is 6.44. The summed E-state index contributed by atoms with van der Waals surface area (Å²) >= 11 is 0. The quantitative estimate of drug-likeness (QED) is 0.553. The highest BCUT2D eigenvalue weighted by molar-refractivity contribution is 5.82. The second kappa shape index (κ2) is 7.20. The van der Waals surface area contributed by atoms with Crippen LogP contribution in [0.3, 0.4) is 0 Å². The van der Waals surface area contributed by atoms with Crippen LogP contribution >= 0.6 is 0 Å². The van der Waals surface area contributed by atoms with E-state index in [4.69, 9.17) is 5.11 Å². The first kappa shape index (κ1) is 14.8. The molecule has 1 atom stereocenters. The standard InChI is InChI=1S/C12H23N3O3/c1-15(2)7-3-6-13-12(18)14-10(11(16)17)8-9-4-5-9/h9-10H,3-8H2,1-2H3,(H,16,17)(H2,13,14,18)/t10-/m0/s1. The van der Waals surface area contributed by atoms with Gasteiger partial charge >= 0.3 is 12.0 Å². The Morgan fingerprint density at radius 2 is 2.06 bits per heavy atom. The molecule has 1 fully saturated rings. The van der Waals surface area contributed by atoms with Crippen molar-refractivity contribution in [1.29, 1.82) is 0 Å². The number of carbonyl (C=O) groups is 2. The summed E-state index contributed by atoms with van der Waals surface area (Å²) in [5, 5.41) is 14.2. The molecular formula is C12H23N3O3. The number of carbonyl (C=O) groups excluding carboxylic acids is 1. The van der Waals surface area contributed by atoms with Crippen molar-refractivity contribution < 1.29 is 14.7 Å². The maximum absolute atomic E-state index is 11.5. The smallest absolute Gasteiger partial charge is 0.326 e. The van der Waals surface area contributed by atoms with Gasteiger partial charge in [-0.15, -0.1) is 0 Å². The van der Waals surface area contributed by atoms with Gasteiger partial charge < -0.3 is 20.6 Å². The molecule has 1 rings (SSSR count). The Balaban J connectivity index is 2.17. The van der Waals surface area contributed by atoms with E-state index in [1.54, 1.807) is 0 Å². The van der Waals surface area contributed by atoms with Gasteiger partial charge in [-0.25, -0.2) is 9.59 Å². The van der Waals surface area contributed by atoms with E-state index in [0.29, 0.717) is 18.9 Å². The Morgan fingerprint density at radius 1 is 1.39 bits per heavy atom. The lowest BCUT2D eigenvalue weighted by atomic mass is 10.1. The topological polar surface area (TPSA) is 81.7 Å². The number of carboxylic acids is 1. The minimum atomic E-state index is -0.953. The Morgan fingerprint density at radius 3 is 2.56 bits per heavy atom. The summed E-state index contributed by atoms with van der Waals surface area (Å²) in [5.41, 5.74) is 0. The van der Waals surface area contributed by atoms with Gasteiger partial charge in [0.05, 0.1) is 0 Å². The fourth-order valence-corrected chi connectivity index (χ4v) is 1.71. The first-order chi connectivity index (χ1) is 8.49. The number of urea groups is 1. The monoisotopic (exact) mass is 257 g/mol. The van der Waals surface area contributed by atoms with E-state index in [1.165, 1.54) is 0 Å². The average molecular weight is 257 g/mol. The van der Waals surface area contributed by atoms with Crippen LogP contribution in [0.25, 0.3) is 0 Å². The first-order valence-electron chi connectivity index (χ1n) is 6.41. The van der Waals surface area contributed by atoms with Gasteiger partial charge in [0.2, 0.25) is 0 Å². The van der Waals surface area contributed by atoms with Crippen molar-refractivity contribution in [3.8, 4) is 0 Å². The molecule has 0 aromatic rings. The number of nitrogens with one attached hydrogen (secondary N) is 2. The summed E-state index contributed by atoms with van der Waals surface area (Å²) < 4.78 is 0. The van der Waals surface area contributed by atoms with Crippen LogP contribution < -0.4 is 10.6 Å². The summed E-state index contributed by atoms with van der Waals surface area (Å²) in [6.45, 7) is 1.45. The molecule has 0 saturated heterocycles. The minimum Gasteiger partial charge on any atom is -0.480 e. The van der Waals surface area contributed by atoms with E-state index >= 15 is 0 Å². The number of amides is 2. The molecule has 0 aromatic heterocycles. The third-order valence-corrected chi connectivity index (χ3v) is 2.94. The normalized spacial score (nSPS) is 16.4. The molecule has 0 heterocycles. The molecular weight excluding hydrogens is 234 g/mol. The van der Waals surface area contributed by atoms with Crippen LogP contribution in [0.4, 0.5) is 4.79 Å². The molecule has 0 spiro atoms. The lowest BCUT2D eigenvalue weighted by Gasteiger charge is -2.15. The summed E-state index contributed by atoms with van der Waals surface area (Å²) in [6, 6.07) is -1.15. The average Bonchev–Trinajstić information content (AvgIpc) is 3.07. The van der Waals surface area contributed by atoms with Crippen LogP contribution in [-0.4, -0.2) is 55.2 Å². The zero-order valence-electron chi connectivity index (χ0n) is 11.1. The largest absolute Gasteiger partial charge is 0.480 e. The van der Waals surface area contributed by atoms with E-state index < -0.39 is 12.0 Å². The highest BCUT2D eigenvalue weighted by atomic mass is 16.4. The zero-order chi connectivity index (χ0) is 13.5. The molecule has 0 aliphatic heterocycles. The summed E-state index contributed by atoms with van der Waals surface area (Å²) in [4.78, 5) is 24.5. The van der Waals surface area contributed by atoms with Gasteiger partial charge in [-0.1, -0.05) is 12.8 Å². The Labute approximate surface area is 108 Å². The van der Waals surface area contributed by atoms with Crippen molar-refractivity contribution >= 4 is 12.0 Å². The van der Waals surface area contributed by atoms with Crippen LogP contribution in [0.1, 0.15) is 25.7 Å². The molecule has 6 heteroatoms. The van der Waals surface area contributed by atoms with Gasteiger partial charge in [0, 0.05) is 6.54 Å². The van der Waals surface area contributed by atoms with Crippen molar-refractivity contribution in [2.75, 3.05) is 27.2 Å². The molecule has 1 aliphatic carbocycles. The molecule has 3 N–H and O–H groups in total. The van der Waals surface area contributed by atoms with Gasteiger partial charge in [-0.2, -0.15) is 0 Å². The summed E-state index contributed by atoms with van der Waals surface area (Å²) in [7, 11) is 3.94. The van der Waals surface area contributed by atoms with Crippen molar-refractivity contribution in [2.45, 2.75) is 31.7 Å². The molecule has 2 amide bonds. The van der Waals surface area contributed by atoms with Crippen molar-refractivity contribution in [3.05, 3.63) is 0 Å². The van der Waals surface area contributed by atoms with Gasteiger partial charge in [0.25, 0.3) is 0 Å². The molecule has 6 nitrogen and oxygen atoms in total. The van der Waals surface area contributed by atoms with E-state index in [2.05, 4.69) is 10.6 Å². The van der Waals surface area contributed by atoms with Crippen LogP contribution in [-0.2, 0) is 4.79 Å². The predicted octanol–water partition coefficient (Wildman–Crippen LogP) is 0.491. The number of aliphatic carboxylic acids is 1. The number of hydrogen-bond donors (Lipinski definition) is 3. The van der Waals surface area contributed by atoms with Gasteiger partial charge in [0.1, 0.15) is 6.04 Å². The molecule has 0 radical (unpaired) electrons. The van der Waals surface area contributed by atoms with Crippen LogP contribution in [0.5, 0.6) is 0 Å².